The molecule has 19 heavy (non-hydrogen) atoms. The third-order valence-corrected chi connectivity index (χ3v) is 4.83. The number of carbonyl (C=O) groups is 1. The van der Waals surface area contributed by atoms with Gasteiger partial charge in [0.05, 0.1) is 12.2 Å². The average molecular weight is 283 g/mol. The number of nitrogens with one attached hydrogen (secondary N) is 1. The molecule has 2 rings (SSSR count). The molecule has 0 saturated heterocycles. The van der Waals surface area contributed by atoms with Crippen LogP contribution in [-0.4, -0.2) is 25.0 Å². The molecule has 0 spiro atoms. The second-order valence-electron chi connectivity index (χ2n) is 5.05. The number of rotatable bonds is 6. The van der Waals surface area contributed by atoms with Crippen molar-refractivity contribution in [3.8, 4) is 0 Å². The van der Waals surface area contributed by atoms with E-state index in [2.05, 4.69) is 4.72 Å². The van der Waals surface area contributed by atoms with Crippen molar-refractivity contribution in [2.24, 2.45) is 0 Å². The van der Waals surface area contributed by atoms with Gasteiger partial charge in [0.2, 0.25) is 10.0 Å². The molecule has 0 aliphatic heterocycles. The quantitative estimate of drug-likeness (QED) is 0.828. The average Bonchev–Trinajstić information content (AvgIpc) is 2.25. The van der Waals surface area contributed by atoms with Crippen LogP contribution in [0.3, 0.4) is 0 Å². The molecule has 0 heterocycles. The third-order valence-electron chi connectivity index (χ3n) is 3.37. The molecule has 1 saturated carbocycles. The summed E-state index contributed by atoms with van der Waals surface area (Å²) in [6.45, 7) is 0. The summed E-state index contributed by atoms with van der Waals surface area (Å²) in [6.07, 6.45) is 1.89. The molecule has 104 valence electrons. The predicted molar refractivity (Wildman–Crippen MR) is 71.0 cm³/mol. The van der Waals surface area contributed by atoms with Gasteiger partial charge in [-0.05, 0) is 24.8 Å². The molecule has 0 bridgehead atoms. The van der Waals surface area contributed by atoms with E-state index < -0.39 is 21.5 Å². The highest BCUT2D eigenvalue weighted by molar-refractivity contribution is 7.88. The first-order valence-corrected chi connectivity index (χ1v) is 7.83. The number of carboxylic acids is 1. The molecule has 1 aliphatic rings. The van der Waals surface area contributed by atoms with Crippen molar-refractivity contribution < 1.29 is 18.3 Å². The van der Waals surface area contributed by atoms with E-state index in [1.54, 1.807) is 24.3 Å². The molecule has 0 radical (unpaired) electrons. The van der Waals surface area contributed by atoms with Gasteiger partial charge >= 0.3 is 5.97 Å². The third kappa shape index (κ3) is 3.78. The predicted octanol–water partition coefficient (Wildman–Crippen LogP) is 1.50. The highest BCUT2D eigenvalue weighted by Gasteiger charge is 2.42. The standard InChI is InChI=1S/C13H17NO4S/c15-12(16)9-13(7-4-8-13)14-19(17,18)10-11-5-2-1-3-6-11/h1-3,5-6,14H,4,7-10H2,(H,15,16). The van der Waals surface area contributed by atoms with E-state index in [1.165, 1.54) is 0 Å². The summed E-state index contributed by atoms with van der Waals surface area (Å²) in [5.41, 5.74) is -0.0841. The van der Waals surface area contributed by atoms with Crippen LogP contribution < -0.4 is 4.72 Å². The molecular weight excluding hydrogens is 266 g/mol. The SMILES string of the molecule is O=C(O)CC1(NS(=O)(=O)Cc2ccccc2)CCC1. The minimum Gasteiger partial charge on any atom is -0.481 e. The van der Waals surface area contributed by atoms with Gasteiger partial charge in [0.25, 0.3) is 0 Å². The Bertz CT molecular complexity index is 549. The van der Waals surface area contributed by atoms with Crippen molar-refractivity contribution in [2.75, 3.05) is 0 Å². The molecule has 5 nitrogen and oxygen atoms in total. The Morgan fingerprint density at radius 2 is 1.89 bits per heavy atom. The minimum atomic E-state index is -3.51. The summed E-state index contributed by atoms with van der Waals surface area (Å²) in [5.74, 6) is -1.09. The Labute approximate surface area is 112 Å². The number of hydrogen-bond donors (Lipinski definition) is 2. The number of carboxylic acid groups (broad SMARTS) is 1. The number of aliphatic carboxylic acids is 1. The van der Waals surface area contributed by atoms with Crippen molar-refractivity contribution in [1.82, 2.24) is 4.72 Å². The van der Waals surface area contributed by atoms with Crippen molar-refractivity contribution in [2.45, 2.75) is 37.0 Å². The first-order valence-electron chi connectivity index (χ1n) is 6.18. The Morgan fingerprint density at radius 1 is 1.26 bits per heavy atom. The highest BCUT2D eigenvalue weighted by atomic mass is 32.2. The zero-order valence-corrected chi connectivity index (χ0v) is 11.3. The van der Waals surface area contributed by atoms with Crippen LogP contribution in [0.15, 0.2) is 30.3 Å². The lowest BCUT2D eigenvalue weighted by atomic mass is 9.75. The lowest BCUT2D eigenvalue weighted by molar-refractivity contribution is -0.139. The molecule has 1 aromatic carbocycles. The Morgan fingerprint density at radius 3 is 2.37 bits per heavy atom. The number of benzene rings is 1. The number of sulfonamides is 1. The fourth-order valence-corrected chi connectivity index (χ4v) is 4.01. The molecule has 0 atom stereocenters. The fraction of sp³-hybridized carbons (Fsp3) is 0.462. The zero-order chi connectivity index (χ0) is 13.9. The Hall–Kier alpha value is -1.40. The van der Waals surface area contributed by atoms with Crippen LogP contribution in [0.25, 0.3) is 0 Å². The van der Waals surface area contributed by atoms with Crippen LogP contribution >= 0.6 is 0 Å². The van der Waals surface area contributed by atoms with Gasteiger partial charge in [-0.1, -0.05) is 30.3 Å². The van der Waals surface area contributed by atoms with Gasteiger partial charge in [0.15, 0.2) is 0 Å². The normalized spacial score (nSPS) is 17.7. The van der Waals surface area contributed by atoms with E-state index in [-0.39, 0.29) is 12.2 Å². The summed E-state index contributed by atoms with van der Waals surface area (Å²) in [7, 11) is -3.51. The summed E-state index contributed by atoms with van der Waals surface area (Å²) in [5, 5.41) is 8.87. The molecule has 2 N–H and O–H groups in total. The number of hydrogen-bond acceptors (Lipinski definition) is 3. The van der Waals surface area contributed by atoms with Crippen LogP contribution in [0.5, 0.6) is 0 Å². The summed E-state index contributed by atoms with van der Waals surface area (Å²) in [6, 6.07) is 8.86. The van der Waals surface area contributed by atoms with Crippen LogP contribution in [0.4, 0.5) is 0 Å². The summed E-state index contributed by atoms with van der Waals surface area (Å²) >= 11 is 0. The van der Waals surface area contributed by atoms with Gasteiger partial charge in [0, 0.05) is 5.54 Å². The van der Waals surface area contributed by atoms with E-state index >= 15 is 0 Å². The maximum Gasteiger partial charge on any atom is 0.305 e. The molecule has 1 fully saturated rings. The van der Waals surface area contributed by atoms with Gasteiger partial charge in [-0.2, -0.15) is 0 Å². The van der Waals surface area contributed by atoms with Crippen LogP contribution in [0, 0.1) is 0 Å². The topological polar surface area (TPSA) is 83.5 Å². The smallest absolute Gasteiger partial charge is 0.305 e. The van der Waals surface area contributed by atoms with E-state index in [0.717, 1.165) is 6.42 Å². The van der Waals surface area contributed by atoms with Gasteiger partial charge in [-0.25, -0.2) is 13.1 Å². The van der Waals surface area contributed by atoms with Gasteiger partial charge in [-0.3, -0.25) is 4.79 Å². The van der Waals surface area contributed by atoms with E-state index in [4.69, 9.17) is 5.11 Å². The largest absolute Gasteiger partial charge is 0.481 e. The monoisotopic (exact) mass is 283 g/mol. The van der Waals surface area contributed by atoms with Crippen molar-refractivity contribution >= 4 is 16.0 Å². The minimum absolute atomic E-state index is 0.116. The molecule has 1 aliphatic carbocycles. The van der Waals surface area contributed by atoms with E-state index in [0.29, 0.717) is 18.4 Å². The summed E-state index contributed by atoms with van der Waals surface area (Å²) in [4.78, 5) is 10.8. The van der Waals surface area contributed by atoms with Crippen LogP contribution in [-0.2, 0) is 20.6 Å². The first kappa shape index (κ1) is 14.0. The lowest BCUT2D eigenvalue weighted by Crippen LogP contribution is -2.54. The van der Waals surface area contributed by atoms with Crippen LogP contribution in [0.1, 0.15) is 31.2 Å². The van der Waals surface area contributed by atoms with Gasteiger partial charge in [0.1, 0.15) is 0 Å². The lowest BCUT2D eigenvalue weighted by Gasteiger charge is -2.41. The Kier molecular flexibility index (Phi) is 3.91. The second kappa shape index (κ2) is 5.30. The molecule has 1 aromatic rings. The van der Waals surface area contributed by atoms with Crippen molar-refractivity contribution in [3.05, 3.63) is 35.9 Å². The molecule has 0 aromatic heterocycles. The second-order valence-corrected chi connectivity index (χ2v) is 6.77. The maximum absolute atomic E-state index is 12.1. The van der Waals surface area contributed by atoms with Gasteiger partial charge < -0.3 is 5.11 Å². The van der Waals surface area contributed by atoms with E-state index in [1.807, 2.05) is 6.07 Å². The van der Waals surface area contributed by atoms with Crippen LogP contribution in [0.2, 0.25) is 0 Å². The highest BCUT2D eigenvalue weighted by Crippen LogP contribution is 2.35. The molecule has 0 amide bonds. The van der Waals surface area contributed by atoms with Crippen molar-refractivity contribution in [3.63, 3.8) is 0 Å². The molecule has 6 heteroatoms. The Balaban J connectivity index is 2.06. The van der Waals surface area contributed by atoms with E-state index in [9.17, 15) is 13.2 Å². The van der Waals surface area contributed by atoms with Gasteiger partial charge in [-0.15, -0.1) is 0 Å². The summed E-state index contributed by atoms with van der Waals surface area (Å²) < 4.78 is 26.7. The molecular formula is C13H17NO4S. The zero-order valence-electron chi connectivity index (χ0n) is 10.5. The van der Waals surface area contributed by atoms with Crippen molar-refractivity contribution in [1.29, 1.82) is 0 Å². The first-order chi connectivity index (χ1) is 8.91. The maximum atomic E-state index is 12.1. The molecule has 0 unspecified atom stereocenters. The fourth-order valence-electron chi connectivity index (χ4n) is 2.37.